The Kier molecular flexibility index (Phi) is 8.51. The van der Waals surface area contributed by atoms with E-state index in [1.807, 2.05) is 24.3 Å². The minimum Gasteiger partial charge on any atom is -0.495 e. The van der Waals surface area contributed by atoms with Crippen LogP contribution in [0, 0.1) is 0 Å². The lowest BCUT2D eigenvalue weighted by molar-refractivity contribution is -0.117. The second kappa shape index (κ2) is 10.2. The van der Waals surface area contributed by atoms with Crippen LogP contribution in [0.4, 0.5) is 5.69 Å². The maximum absolute atomic E-state index is 12.2. The van der Waals surface area contributed by atoms with Gasteiger partial charge >= 0.3 is 0 Å². The molecular formula is C17H28N2O2. The van der Waals surface area contributed by atoms with Crippen LogP contribution in [0.25, 0.3) is 0 Å². The Morgan fingerprint density at radius 1 is 1.14 bits per heavy atom. The fourth-order valence-electron chi connectivity index (χ4n) is 2.17. The number of ether oxygens (including phenoxy) is 1. The van der Waals surface area contributed by atoms with Gasteiger partial charge in [0.1, 0.15) is 5.75 Å². The van der Waals surface area contributed by atoms with E-state index in [4.69, 9.17) is 4.74 Å². The van der Waals surface area contributed by atoms with Gasteiger partial charge in [-0.25, -0.2) is 0 Å². The molecule has 0 saturated carbocycles. The zero-order valence-electron chi connectivity index (χ0n) is 13.5. The summed E-state index contributed by atoms with van der Waals surface area (Å²) in [5, 5.41) is 2.94. The second-order valence-electron chi connectivity index (χ2n) is 5.23. The van der Waals surface area contributed by atoms with E-state index in [2.05, 4.69) is 24.1 Å². The van der Waals surface area contributed by atoms with Crippen LogP contribution in [-0.2, 0) is 4.79 Å². The molecule has 0 unspecified atom stereocenters. The number of carbonyl (C=O) groups is 1. The summed E-state index contributed by atoms with van der Waals surface area (Å²) in [6, 6.07) is 7.49. The maximum atomic E-state index is 12.2. The van der Waals surface area contributed by atoms with Gasteiger partial charge in [0, 0.05) is 0 Å². The summed E-state index contributed by atoms with van der Waals surface area (Å²) in [5.41, 5.74) is 0.732. The average molecular weight is 292 g/mol. The van der Waals surface area contributed by atoms with Crippen LogP contribution >= 0.6 is 0 Å². The van der Waals surface area contributed by atoms with E-state index >= 15 is 0 Å². The summed E-state index contributed by atoms with van der Waals surface area (Å²) in [4.78, 5) is 14.4. The number of hydrogen-bond donors (Lipinski definition) is 1. The first kappa shape index (κ1) is 17.5. The molecule has 0 aromatic heterocycles. The molecule has 0 spiro atoms. The number of nitrogens with zero attached hydrogens (tertiary/aromatic N) is 1. The Morgan fingerprint density at radius 3 is 2.33 bits per heavy atom. The van der Waals surface area contributed by atoms with E-state index < -0.39 is 0 Å². The molecule has 0 fully saturated rings. The summed E-state index contributed by atoms with van der Waals surface area (Å²) < 4.78 is 5.25. The third-order valence-electron chi connectivity index (χ3n) is 3.40. The second-order valence-corrected chi connectivity index (χ2v) is 5.23. The van der Waals surface area contributed by atoms with E-state index in [0.717, 1.165) is 44.5 Å². The Morgan fingerprint density at radius 2 is 1.76 bits per heavy atom. The van der Waals surface area contributed by atoms with Crippen molar-refractivity contribution in [3.8, 4) is 5.75 Å². The van der Waals surface area contributed by atoms with Gasteiger partial charge in [-0.05, 0) is 38.1 Å². The maximum Gasteiger partial charge on any atom is 0.238 e. The summed E-state index contributed by atoms with van der Waals surface area (Å²) in [7, 11) is 1.61. The lowest BCUT2D eigenvalue weighted by Gasteiger charge is -2.21. The quantitative estimate of drug-likeness (QED) is 0.717. The number of rotatable bonds is 10. The zero-order valence-corrected chi connectivity index (χ0v) is 13.5. The molecule has 118 valence electrons. The minimum atomic E-state index is 0.0201. The van der Waals surface area contributed by atoms with Crippen LogP contribution in [0.15, 0.2) is 24.3 Å². The number of benzene rings is 1. The van der Waals surface area contributed by atoms with Gasteiger partial charge in [-0.1, -0.05) is 38.8 Å². The van der Waals surface area contributed by atoms with Crippen LogP contribution in [0.1, 0.15) is 39.5 Å². The van der Waals surface area contributed by atoms with Crippen molar-refractivity contribution < 1.29 is 9.53 Å². The molecule has 0 aliphatic carbocycles. The highest BCUT2D eigenvalue weighted by molar-refractivity contribution is 5.93. The van der Waals surface area contributed by atoms with Gasteiger partial charge in [0.2, 0.25) is 5.91 Å². The molecule has 1 aromatic carbocycles. The third kappa shape index (κ3) is 6.63. The van der Waals surface area contributed by atoms with E-state index in [9.17, 15) is 4.79 Å². The number of methoxy groups -OCH3 is 1. The Labute approximate surface area is 128 Å². The Hall–Kier alpha value is -1.55. The summed E-state index contributed by atoms with van der Waals surface area (Å²) in [6.07, 6.45) is 4.56. The predicted molar refractivity (Wildman–Crippen MR) is 87.9 cm³/mol. The fourth-order valence-corrected chi connectivity index (χ4v) is 2.17. The first-order valence-electron chi connectivity index (χ1n) is 7.86. The van der Waals surface area contributed by atoms with Gasteiger partial charge in [0.15, 0.2) is 0 Å². The van der Waals surface area contributed by atoms with Crippen LogP contribution in [0.2, 0.25) is 0 Å². The van der Waals surface area contributed by atoms with Crippen molar-refractivity contribution in [3.63, 3.8) is 0 Å². The van der Waals surface area contributed by atoms with Crippen molar-refractivity contribution in [2.24, 2.45) is 0 Å². The third-order valence-corrected chi connectivity index (χ3v) is 3.40. The van der Waals surface area contributed by atoms with Gasteiger partial charge in [0.25, 0.3) is 0 Å². The number of para-hydroxylation sites is 2. The molecule has 1 rings (SSSR count). The normalized spacial score (nSPS) is 10.7. The molecule has 1 N–H and O–H groups in total. The minimum absolute atomic E-state index is 0.0201. The molecule has 0 saturated heterocycles. The van der Waals surface area contributed by atoms with Gasteiger partial charge in [0.05, 0.1) is 19.3 Å². The van der Waals surface area contributed by atoms with E-state index in [1.54, 1.807) is 7.11 Å². The smallest absolute Gasteiger partial charge is 0.238 e. The molecule has 0 aliphatic heterocycles. The van der Waals surface area contributed by atoms with Gasteiger partial charge < -0.3 is 10.1 Å². The van der Waals surface area contributed by atoms with Crippen molar-refractivity contribution in [1.82, 2.24) is 4.90 Å². The highest BCUT2D eigenvalue weighted by Gasteiger charge is 2.11. The van der Waals surface area contributed by atoms with Gasteiger partial charge in [-0.15, -0.1) is 0 Å². The summed E-state index contributed by atoms with van der Waals surface area (Å²) in [6.45, 7) is 6.75. The molecule has 0 heterocycles. The molecule has 0 aliphatic rings. The standard InChI is InChI=1S/C17H28N2O2/c1-4-6-12-19(13-7-5-2)14-17(20)18-15-10-8-9-11-16(15)21-3/h8-11H,4-7,12-14H2,1-3H3,(H,18,20). The van der Waals surface area contributed by atoms with Crippen molar-refractivity contribution in [2.75, 3.05) is 32.1 Å². The van der Waals surface area contributed by atoms with Crippen LogP contribution < -0.4 is 10.1 Å². The number of hydrogen-bond acceptors (Lipinski definition) is 3. The molecule has 0 radical (unpaired) electrons. The summed E-state index contributed by atoms with van der Waals surface area (Å²) in [5.74, 6) is 0.714. The number of carbonyl (C=O) groups excluding carboxylic acids is 1. The lowest BCUT2D eigenvalue weighted by atomic mass is 10.2. The molecule has 4 nitrogen and oxygen atoms in total. The topological polar surface area (TPSA) is 41.6 Å². The molecule has 4 heteroatoms. The average Bonchev–Trinajstić information content (AvgIpc) is 2.50. The highest BCUT2D eigenvalue weighted by Crippen LogP contribution is 2.22. The first-order chi connectivity index (χ1) is 10.2. The number of nitrogens with one attached hydrogen (secondary N) is 1. The van der Waals surface area contributed by atoms with Crippen LogP contribution in [0.5, 0.6) is 5.75 Å². The highest BCUT2D eigenvalue weighted by atomic mass is 16.5. The number of amides is 1. The number of unbranched alkanes of at least 4 members (excludes halogenated alkanes) is 2. The predicted octanol–water partition coefficient (Wildman–Crippen LogP) is 3.54. The fraction of sp³-hybridized carbons (Fsp3) is 0.588. The van der Waals surface area contributed by atoms with Crippen molar-refractivity contribution in [1.29, 1.82) is 0 Å². The largest absolute Gasteiger partial charge is 0.495 e. The molecular weight excluding hydrogens is 264 g/mol. The first-order valence-corrected chi connectivity index (χ1v) is 7.86. The Bertz CT molecular complexity index is 413. The monoisotopic (exact) mass is 292 g/mol. The van der Waals surface area contributed by atoms with Crippen molar-refractivity contribution >= 4 is 11.6 Å². The van der Waals surface area contributed by atoms with E-state index in [1.165, 1.54) is 0 Å². The molecule has 0 bridgehead atoms. The SMILES string of the molecule is CCCCN(CCCC)CC(=O)Nc1ccccc1OC. The van der Waals surface area contributed by atoms with E-state index in [0.29, 0.717) is 12.3 Å². The van der Waals surface area contributed by atoms with Gasteiger partial charge in [-0.3, -0.25) is 9.69 Å². The molecule has 21 heavy (non-hydrogen) atoms. The van der Waals surface area contributed by atoms with Crippen molar-refractivity contribution in [3.05, 3.63) is 24.3 Å². The summed E-state index contributed by atoms with van der Waals surface area (Å²) >= 11 is 0. The van der Waals surface area contributed by atoms with Crippen LogP contribution in [-0.4, -0.2) is 37.6 Å². The van der Waals surface area contributed by atoms with Crippen molar-refractivity contribution in [2.45, 2.75) is 39.5 Å². The lowest BCUT2D eigenvalue weighted by Crippen LogP contribution is -2.34. The Balaban J connectivity index is 2.55. The molecule has 1 aromatic rings. The number of anilines is 1. The molecule has 1 amide bonds. The van der Waals surface area contributed by atoms with Crippen LogP contribution in [0.3, 0.4) is 0 Å². The zero-order chi connectivity index (χ0) is 15.5. The van der Waals surface area contributed by atoms with E-state index in [-0.39, 0.29) is 5.91 Å². The molecule has 0 atom stereocenters. The van der Waals surface area contributed by atoms with Gasteiger partial charge in [-0.2, -0.15) is 0 Å².